The minimum Gasteiger partial charge on any atom is -0.196 e. The molecule has 1 aromatic carbocycles. The predicted octanol–water partition coefficient (Wildman–Crippen LogP) is 3.07. The molecule has 0 saturated carbocycles. The van der Waals surface area contributed by atoms with Crippen LogP contribution in [-0.2, 0) is 6.54 Å². The molecule has 2 aromatic rings. The number of fused-ring (bicyclic) bond motifs is 1. The molecule has 0 spiro atoms. The van der Waals surface area contributed by atoms with Gasteiger partial charge in [-0.2, -0.15) is 4.57 Å². The van der Waals surface area contributed by atoms with Crippen molar-refractivity contribution in [3.63, 3.8) is 0 Å². The number of pyridine rings is 1. The maximum absolute atomic E-state index is 2.36. The van der Waals surface area contributed by atoms with Gasteiger partial charge in [-0.15, -0.1) is 0 Å². The molecule has 0 radical (unpaired) electrons. The molecule has 0 atom stereocenters. The zero-order chi connectivity index (χ0) is 11.0. The van der Waals surface area contributed by atoms with Crippen LogP contribution in [0, 0.1) is 20.8 Å². The van der Waals surface area contributed by atoms with Crippen molar-refractivity contribution in [3.05, 3.63) is 41.1 Å². The van der Waals surface area contributed by atoms with E-state index in [-0.39, 0.29) is 0 Å². The maximum Gasteiger partial charge on any atom is 0.212 e. The molecule has 0 amide bonds. The van der Waals surface area contributed by atoms with Crippen LogP contribution < -0.4 is 4.57 Å². The molecular weight excluding hydrogens is 182 g/mol. The molecule has 2 rings (SSSR count). The summed E-state index contributed by atoms with van der Waals surface area (Å²) >= 11 is 0. The normalized spacial score (nSPS) is 10.9. The number of hydrogen-bond acceptors (Lipinski definition) is 0. The van der Waals surface area contributed by atoms with E-state index in [1.54, 1.807) is 0 Å². The molecule has 0 unspecified atom stereocenters. The Labute approximate surface area is 91.4 Å². The van der Waals surface area contributed by atoms with Gasteiger partial charge in [0.25, 0.3) is 0 Å². The fourth-order valence-electron chi connectivity index (χ4n) is 2.28. The summed E-state index contributed by atoms with van der Waals surface area (Å²) in [5.41, 5.74) is 5.39. The molecule has 0 aliphatic heterocycles. The average molecular weight is 200 g/mol. The van der Waals surface area contributed by atoms with E-state index in [2.05, 4.69) is 56.5 Å². The topological polar surface area (TPSA) is 3.88 Å². The number of benzene rings is 1. The summed E-state index contributed by atoms with van der Waals surface area (Å²) in [6.07, 6.45) is 0. The summed E-state index contributed by atoms with van der Waals surface area (Å²) in [6, 6.07) is 8.96. The van der Waals surface area contributed by atoms with Crippen LogP contribution in [0.4, 0.5) is 0 Å². The van der Waals surface area contributed by atoms with Crippen molar-refractivity contribution in [1.82, 2.24) is 0 Å². The first kappa shape index (κ1) is 10.2. The van der Waals surface area contributed by atoms with E-state index in [0.717, 1.165) is 6.54 Å². The van der Waals surface area contributed by atoms with Crippen LogP contribution in [-0.4, -0.2) is 0 Å². The van der Waals surface area contributed by atoms with Crippen molar-refractivity contribution >= 4 is 10.9 Å². The fraction of sp³-hybridized carbons (Fsp3) is 0.357. The summed E-state index contributed by atoms with van der Waals surface area (Å²) < 4.78 is 2.36. The Morgan fingerprint density at radius 3 is 2.47 bits per heavy atom. The van der Waals surface area contributed by atoms with Gasteiger partial charge in [0.2, 0.25) is 5.52 Å². The Morgan fingerprint density at radius 1 is 1.07 bits per heavy atom. The Kier molecular flexibility index (Phi) is 2.47. The molecule has 1 nitrogen and oxygen atoms in total. The van der Waals surface area contributed by atoms with Crippen LogP contribution in [0.25, 0.3) is 10.9 Å². The quantitative estimate of drug-likeness (QED) is 0.623. The van der Waals surface area contributed by atoms with Crippen LogP contribution in [0.15, 0.2) is 24.3 Å². The van der Waals surface area contributed by atoms with Gasteiger partial charge in [0.15, 0.2) is 5.69 Å². The molecule has 1 aromatic heterocycles. The lowest BCUT2D eigenvalue weighted by Crippen LogP contribution is -2.36. The second-order valence-corrected chi connectivity index (χ2v) is 4.23. The van der Waals surface area contributed by atoms with Crippen molar-refractivity contribution in [2.24, 2.45) is 0 Å². The van der Waals surface area contributed by atoms with E-state index < -0.39 is 0 Å². The van der Waals surface area contributed by atoms with E-state index >= 15 is 0 Å². The highest BCUT2D eigenvalue weighted by Gasteiger charge is 2.12. The fourth-order valence-corrected chi connectivity index (χ4v) is 2.28. The number of nitrogens with zero attached hydrogens (tertiary/aromatic N) is 1. The Morgan fingerprint density at radius 2 is 1.80 bits per heavy atom. The highest BCUT2D eigenvalue weighted by molar-refractivity contribution is 5.80. The summed E-state index contributed by atoms with van der Waals surface area (Å²) in [5.74, 6) is 0. The second-order valence-electron chi connectivity index (χ2n) is 4.23. The highest BCUT2D eigenvalue weighted by atomic mass is 15.0. The number of rotatable bonds is 1. The third kappa shape index (κ3) is 1.63. The molecule has 78 valence electrons. The minimum atomic E-state index is 1.03. The first-order chi connectivity index (χ1) is 7.13. The molecule has 1 heteroatoms. The van der Waals surface area contributed by atoms with Gasteiger partial charge < -0.3 is 0 Å². The van der Waals surface area contributed by atoms with Crippen molar-refractivity contribution in [2.75, 3.05) is 0 Å². The van der Waals surface area contributed by atoms with Crippen LogP contribution in [0.2, 0.25) is 0 Å². The summed E-state index contributed by atoms with van der Waals surface area (Å²) in [5, 5.41) is 1.38. The van der Waals surface area contributed by atoms with Crippen LogP contribution >= 0.6 is 0 Å². The highest BCUT2D eigenvalue weighted by Crippen LogP contribution is 2.17. The van der Waals surface area contributed by atoms with Crippen molar-refractivity contribution in [2.45, 2.75) is 34.2 Å². The third-order valence-corrected chi connectivity index (χ3v) is 3.04. The maximum atomic E-state index is 2.36. The molecule has 0 saturated heterocycles. The molecule has 0 N–H and O–H groups in total. The van der Waals surface area contributed by atoms with Gasteiger partial charge in [-0.3, -0.25) is 0 Å². The molecule has 0 bridgehead atoms. The lowest BCUT2D eigenvalue weighted by molar-refractivity contribution is -0.673. The van der Waals surface area contributed by atoms with E-state index in [9.17, 15) is 0 Å². The van der Waals surface area contributed by atoms with Crippen LogP contribution in [0.3, 0.4) is 0 Å². The van der Waals surface area contributed by atoms with E-state index in [4.69, 9.17) is 0 Å². The summed E-state index contributed by atoms with van der Waals surface area (Å²) in [4.78, 5) is 0. The van der Waals surface area contributed by atoms with Gasteiger partial charge in [0.05, 0.1) is 0 Å². The number of aryl methyl sites for hydroxylation is 4. The van der Waals surface area contributed by atoms with Gasteiger partial charge in [0, 0.05) is 24.4 Å². The van der Waals surface area contributed by atoms with Crippen molar-refractivity contribution < 1.29 is 4.57 Å². The Bertz CT molecular complexity index is 512. The van der Waals surface area contributed by atoms with Gasteiger partial charge in [-0.25, -0.2) is 0 Å². The molecular formula is C14H18N+. The second kappa shape index (κ2) is 3.65. The number of aromatic nitrogens is 1. The smallest absolute Gasteiger partial charge is 0.196 e. The first-order valence-electron chi connectivity index (χ1n) is 5.54. The number of hydrogen-bond donors (Lipinski definition) is 0. The third-order valence-electron chi connectivity index (χ3n) is 3.04. The minimum absolute atomic E-state index is 1.03. The van der Waals surface area contributed by atoms with E-state index in [1.807, 2.05) is 0 Å². The molecule has 15 heavy (non-hydrogen) atoms. The van der Waals surface area contributed by atoms with Gasteiger partial charge in [0.1, 0.15) is 6.54 Å². The Balaban J connectivity index is 2.90. The zero-order valence-electron chi connectivity index (χ0n) is 9.96. The van der Waals surface area contributed by atoms with E-state index in [1.165, 1.54) is 27.7 Å². The van der Waals surface area contributed by atoms with E-state index in [0.29, 0.717) is 0 Å². The molecule has 0 aliphatic rings. The standard InChI is InChI=1S/C14H18N/c1-5-15-12(4)9-11(3)13-8-10(2)6-7-14(13)15/h6-9H,5H2,1-4H3/q+1. The summed E-state index contributed by atoms with van der Waals surface area (Å²) in [6.45, 7) is 9.74. The first-order valence-corrected chi connectivity index (χ1v) is 5.54. The molecule has 0 fully saturated rings. The SMILES string of the molecule is CC[n+]1c(C)cc(C)c2cc(C)ccc21. The lowest BCUT2D eigenvalue weighted by Gasteiger charge is -2.06. The van der Waals surface area contributed by atoms with Gasteiger partial charge in [-0.1, -0.05) is 11.6 Å². The lowest BCUT2D eigenvalue weighted by atomic mass is 10.1. The Hall–Kier alpha value is -1.37. The van der Waals surface area contributed by atoms with Crippen LogP contribution in [0.1, 0.15) is 23.7 Å². The van der Waals surface area contributed by atoms with Crippen LogP contribution in [0.5, 0.6) is 0 Å². The van der Waals surface area contributed by atoms with Crippen molar-refractivity contribution in [1.29, 1.82) is 0 Å². The summed E-state index contributed by atoms with van der Waals surface area (Å²) in [7, 11) is 0. The predicted molar refractivity (Wildman–Crippen MR) is 64.0 cm³/mol. The van der Waals surface area contributed by atoms with Gasteiger partial charge >= 0.3 is 0 Å². The largest absolute Gasteiger partial charge is 0.212 e. The van der Waals surface area contributed by atoms with Crippen molar-refractivity contribution in [3.8, 4) is 0 Å². The average Bonchev–Trinajstić information content (AvgIpc) is 2.19. The zero-order valence-corrected chi connectivity index (χ0v) is 9.96. The van der Waals surface area contributed by atoms with Gasteiger partial charge in [-0.05, 0) is 32.4 Å². The molecule has 0 aliphatic carbocycles. The monoisotopic (exact) mass is 200 g/mol. The molecule has 1 heterocycles.